The maximum Gasteiger partial charge on any atom is 0.0459 e. The minimum Gasteiger partial charge on any atom is -0.396 e. The molecule has 146 valence electrons. The highest BCUT2D eigenvalue weighted by Gasteiger charge is 2.38. The second kappa shape index (κ2) is 9.19. The number of rotatable bonds is 5. The lowest BCUT2D eigenvalue weighted by atomic mass is 9.75. The molecule has 3 unspecified atom stereocenters. The highest BCUT2D eigenvalue weighted by atomic mass is 16.3. The van der Waals surface area contributed by atoms with Gasteiger partial charge in [-0.15, -0.1) is 0 Å². The predicted molar refractivity (Wildman–Crippen MR) is 103 cm³/mol. The van der Waals surface area contributed by atoms with Crippen LogP contribution < -0.4 is 0 Å². The molecule has 3 saturated carbocycles. The lowest BCUT2D eigenvalue weighted by Crippen LogP contribution is -2.53. The standard InChI is InChI=1S/C22H41NO2/c1-16-3-8-22(13-17(16)2)23(20-9-4-18(14-24)5-10-20)21-11-6-19(15-25)7-12-21/h16-22,24-25H,3-15H2,1-2H3. The van der Waals surface area contributed by atoms with Gasteiger partial charge in [-0.2, -0.15) is 0 Å². The highest BCUT2D eigenvalue weighted by molar-refractivity contribution is 4.93. The van der Waals surface area contributed by atoms with E-state index in [4.69, 9.17) is 0 Å². The molecule has 25 heavy (non-hydrogen) atoms. The molecule has 3 aliphatic rings. The molecule has 3 atom stereocenters. The Morgan fingerprint density at radius 3 is 1.44 bits per heavy atom. The van der Waals surface area contributed by atoms with E-state index in [1.54, 1.807) is 0 Å². The van der Waals surface area contributed by atoms with E-state index >= 15 is 0 Å². The van der Waals surface area contributed by atoms with Gasteiger partial charge in [0.25, 0.3) is 0 Å². The van der Waals surface area contributed by atoms with Gasteiger partial charge in [0.05, 0.1) is 0 Å². The molecule has 3 fully saturated rings. The van der Waals surface area contributed by atoms with Crippen LogP contribution in [0.3, 0.4) is 0 Å². The number of hydrogen-bond donors (Lipinski definition) is 2. The van der Waals surface area contributed by atoms with Gasteiger partial charge in [0, 0.05) is 31.3 Å². The molecular formula is C22H41NO2. The fourth-order valence-electron chi connectivity index (χ4n) is 5.94. The molecule has 3 aliphatic carbocycles. The van der Waals surface area contributed by atoms with Gasteiger partial charge in [0.2, 0.25) is 0 Å². The molecule has 0 aromatic rings. The summed E-state index contributed by atoms with van der Waals surface area (Å²) >= 11 is 0. The largest absolute Gasteiger partial charge is 0.396 e. The SMILES string of the molecule is CC1CCC(N(C2CCC(CO)CC2)C2CCC(CO)CC2)CC1C. The molecule has 0 spiro atoms. The van der Waals surface area contributed by atoms with Crippen molar-refractivity contribution in [3.8, 4) is 0 Å². The average molecular weight is 352 g/mol. The monoisotopic (exact) mass is 351 g/mol. The lowest BCUT2D eigenvalue weighted by molar-refractivity contribution is -0.0111. The first kappa shape index (κ1) is 19.6. The molecule has 0 saturated heterocycles. The van der Waals surface area contributed by atoms with Gasteiger partial charge in [-0.1, -0.05) is 13.8 Å². The second-order valence-corrected chi connectivity index (χ2v) is 9.58. The average Bonchev–Trinajstić information content (AvgIpc) is 2.66. The summed E-state index contributed by atoms with van der Waals surface area (Å²) in [7, 11) is 0. The number of nitrogens with zero attached hydrogens (tertiary/aromatic N) is 1. The molecule has 3 nitrogen and oxygen atoms in total. The molecule has 0 aromatic heterocycles. The van der Waals surface area contributed by atoms with Gasteiger partial charge in [0.15, 0.2) is 0 Å². The minimum absolute atomic E-state index is 0.381. The molecular weight excluding hydrogens is 310 g/mol. The van der Waals surface area contributed by atoms with Crippen molar-refractivity contribution in [2.24, 2.45) is 23.7 Å². The fraction of sp³-hybridized carbons (Fsp3) is 1.00. The van der Waals surface area contributed by atoms with E-state index in [0.717, 1.165) is 30.0 Å². The van der Waals surface area contributed by atoms with Crippen molar-refractivity contribution < 1.29 is 10.2 Å². The summed E-state index contributed by atoms with van der Waals surface area (Å²) in [6.07, 6.45) is 14.1. The van der Waals surface area contributed by atoms with Crippen molar-refractivity contribution in [2.45, 2.75) is 103 Å². The Kier molecular flexibility index (Phi) is 7.22. The molecule has 0 aliphatic heterocycles. The fourth-order valence-corrected chi connectivity index (χ4v) is 5.94. The molecule has 2 N–H and O–H groups in total. The summed E-state index contributed by atoms with van der Waals surface area (Å²) in [5, 5.41) is 19.0. The van der Waals surface area contributed by atoms with Crippen molar-refractivity contribution in [1.29, 1.82) is 0 Å². The summed E-state index contributed by atoms with van der Waals surface area (Å²) in [6, 6.07) is 2.26. The van der Waals surface area contributed by atoms with Crippen LogP contribution in [0.15, 0.2) is 0 Å². The van der Waals surface area contributed by atoms with Crippen LogP contribution in [0.4, 0.5) is 0 Å². The normalized spacial score (nSPS) is 43.3. The van der Waals surface area contributed by atoms with Crippen LogP contribution in [0.5, 0.6) is 0 Å². The van der Waals surface area contributed by atoms with E-state index in [-0.39, 0.29) is 0 Å². The Hall–Kier alpha value is -0.120. The topological polar surface area (TPSA) is 43.7 Å². The third-order valence-corrected chi connectivity index (χ3v) is 7.98. The lowest BCUT2D eigenvalue weighted by Gasteiger charge is -2.50. The van der Waals surface area contributed by atoms with Crippen molar-refractivity contribution >= 4 is 0 Å². The zero-order valence-electron chi connectivity index (χ0n) is 16.6. The third kappa shape index (κ3) is 4.78. The zero-order chi connectivity index (χ0) is 17.8. The number of hydrogen-bond acceptors (Lipinski definition) is 3. The van der Waals surface area contributed by atoms with Crippen molar-refractivity contribution in [3.63, 3.8) is 0 Å². The summed E-state index contributed by atoms with van der Waals surface area (Å²) in [5.41, 5.74) is 0. The van der Waals surface area contributed by atoms with Crippen molar-refractivity contribution in [1.82, 2.24) is 4.90 Å². The first-order valence-electron chi connectivity index (χ1n) is 11.1. The Bertz CT molecular complexity index is 361. The summed E-state index contributed by atoms with van der Waals surface area (Å²) in [4.78, 5) is 2.98. The van der Waals surface area contributed by atoms with Crippen LogP contribution in [0.2, 0.25) is 0 Å². The van der Waals surface area contributed by atoms with Crippen molar-refractivity contribution in [3.05, 3.63) is 0 Å². The van der Waals surface area contributed by atoms with Gasteiger partial charge in [-0.3, -0.25) is 4.90 Å². The molecule has 0 bridgehead atoms. The molecule has 0 heterocycles. The Morgan fingerprint density at radius 2 is 1.04 bits per heavy atom. The molecule has 3 rings (SSSR count). The van der Waals surface area contributed by atoms with Gasteiger partial charge in [-0.25, -0.2) is 0 Å². The highest BCUT2D eigenvalue weighted by Crippen LogP contribution is 2.40. The van der Waals surface area contributed by atoms with E-state index in [1.165, 1.54) is 70.6 Å². The zero-order valence-corrected chi connectivity index (χ0v) is 16.6. The van der Waals surface area contributed by atoms with Crippen LogP contribution in [0.25, 0.3) is 0 Å². The van der Waals surface area contributed by atoms with E-state index in [1.807, 2.05) is 0 Å². The molecule has 0 radical (unpaired) electrons. The number of aliphatic hydroxyl groups is 2. The maximum atomic E-state index is 9.50. The van der Waals surface area contributed by atoms with Crippen LogP contribution in [0.1, 0.15) is 84.5 Å². The number of aliphatic hydroxyl groups excluding tert-OH is 2. The summed E-state index contributed by atoms with van der Waals surface area (Å²) in [5.74, 6) is 2.83. The molecule has 0 aromatic carbocycles. The molecule has 3 heteroatoms. The van der Waals surface area contributed by atoms with Crippen LogP contribution in [0, 0.1) is 23.7 Å². The Morgan fingerprint density at radius 1 is 0.600 bits per heavy atom. The van der Waals surface area contributed by atoms with E-state index in [9.17, 15) is 10.2 Å². The second-order valence-electron chi connectivity index (χ2n) is 9.58. The third-order valence-electron chi connectivity index (χ3n) is 7.98. The van der Waals surface area contributed by atoms with Crippen LogP contribution in [-0.2, 0) is 0 Å². The van der Waals surface area contributed by atoms with Crippen LogP contribution in [-0.4, -0.2) is 46.5 Å². The van der Waals surface area contributed by atoms with Crippen LogP contribution >= 0.6 is 0 Å². The smallest absolute Gasteiger partial charge is 0.0459 e. The maximum absolute atomic E-state index is 9.50. The minimum atomic E-state index is 0.381. The quantitative estimate of drug-likeness (QED) is 0.779. The van der Waals surface area contributed by atoms with Gasteiger partial charge in [-0.05, 0) is 94.3 Å². The van der Waals surface area contributed by atoms with Crippen molar-refractivity contribution in [2.75, 3.05) is 13.2 Å². The van der Waals surface area contributed by atoms with E-state index in [0.29, 0.717) is 25.0 Å². The van der Waals surface area contributed by atoms with Gasteiger partial charge < -0.3 is 10.2 Å². The van der Waals surface area contributed by atoms with E-state index < -0.39 is 0 Å². The first-order chi connectivity index (χ1) is 12.1. The van der Waals surface area contributed by atoms with E-state index in [2.05, 4.69) is 18.7 Å². The summed E-state index contributed by atoms with van der Waals surface area (Å²) in [6.45, 7) is 5.66. The first-order valence-corrected chi connectivity index (χ1v) is 11.1. The molecule has 0 amide bonds. The predicted octanol–water partition coefficient (Wildman–Crippen LogP) is 4.22. The Balaban J connectivity index is 1.68. The summed E-state index contributed by atoms with van der Waals surface area (Å²) < 4.78 is 0. The van der Waals surface area contributed by atoms with Gasteiger partial charge in [0.1, 0.15) is 0 Å². The van der Waals surface area contributed by atoms with Gasteiger partial charge >= 0.3 is 0 Å². The Labute approximate surface area is 155 Å².